The van der Waals surface area contributed by atoms with Gasteiger partial charge in [-0.05, 0) is 32.0 Å². The second kappa shape index (κ2) is 8.80. The molecule has 2 aromatic heterocycles. The topological polar surface area (TPSA) is 79.7 Å². The molecule has 0 aliphatic rings. The smallest absolute Gasteiger partial charge is 0.340 e. The Hall–Kier alpha value is -3.71. The highest BCUT2D eigenvalue weighted by Gasteiger charge is 2.24. The summed E-state index contributed by atoms with van der Waals surface area (Å²) in [5.41, 5.74) is 2.45. The summed E-state index contributed by atoms with van der Waals surface area (Å²) >= 11 is 0. The first-order chi connectivity index (χ1) is 15.5. The van der Waals surface area contributed by atoms with Gasteiger partial charge in [0.2, 0.25) is 0 Å². The zero-order valence-corrected chi connectivity index (χ0v) is 18.5. The number of para-hydroxylation sites is 1. The van der Waals surface area contributed by atoms with Gasteiger partial charge in [0.15, 0.2) is 0 Å². The van der Waals surface area contributed by atoms with E-state index in [0.717, 1.165) is 5.39 Å². The van der Waals surface area contributed by atoms with Crippen LogP contribution >= 0.6 is 0 Å². The predicted molar refractivity (Wildman–Crippen MR) is 123 cm³/mol. The molecule has 2 heterocycles. The summed E-state index contributed by atoms with van der Waals surface area (Å²) in [7, 11) is 3.12. The summed E-state index contributed by atoms with van der Waals surface area (Å²) < 4.78 is 17.4. The van der Waals surface area contributed by atoms with E-state index in [4.69, 9.17) is 14.2 Å². The van der Waals surface area contributed by atoms with Crippen LogP contribution in [0.2, 0.25) is 0 Å². The Bertz CT molecular complexity index is 1390. The molecule has 0 atom stereocenters. The number of fused-ring (bicyclic) bond motifs is 3. The van der Waals surface area contributed by atoms with Crippen LogP contribution in [-0.4, -0.2) is 43.0 Å². The molecule has 0 unspecified atom stereocenters. The number of carbonyl (C=O) groups is 1. The van der Waals surface area contributed by atoms with Crippen LogP contribution in [0.5, 0.6) is 5.75 Å². The molecule has 7 nitrogen and oxygen atoms in total. The third kappa shape index (κ3) is 3.61. The van der Waals surface area contributed by atoms with E-state index in [1.165, 1.54) is 7.11 Å². The van der Waals surface area contributed by atoms with Gasteiger partial charge < -0.3 is 14.2 Å². The molecule has 0 saturated heterocycles. The molecular formula is C25H24N2O5. The van der Waals surface area contributed by atoms with Crippen molar-refractivity contribution < 1.29 is 19.0 Å². The van der Waals surface area contributed by atoms with Crippen LogP contribution < -0.4 is 10.3 Å². The van der Waals surface area contributed by atoms with E-state index in [-0.39, 0.29) is 18.8 Å². The molecule has 4 aromatic rings. The summed E-state index contributed by atoms with van der Waals surface area (Å²) in [4.78, 5) is 31.4. The molecule has 0 bridgehead atoms. The van der Waals surface area contributed by atoms with Crippen molar-refractivity contribution in [2.75, 3.05) is 27.4 Å². The lowest BCUT2D eigenvalue weighted by molar-refractivity contribution is 0.0389. The van der Waals surface area contributed by atoms with Crippen molar-refractivity contribution >= 4 is 27.6 Å². The zero-order chi connectivity index (χ0) is 22.8. The van der Waals surface area contributed by atoms with Gasteiger partial charge in [-0.1, -0.05) is 24.3 Å². The minimum Gasteiger partial charge on any atom is -0.497 e. The van der Waals surface area contributed by atoms with Gasteiger partial charge in [0.25, 0.3) is 5.56 Å². The SMILES string of the molecule is COCCOC(=O)c1c(C)nc(C)c2c(=O)n(-c3cccc(OC)c3)c3ccccc3c12. The fourth-order valence-electron chi connectivity index (χ4n) is 4.03. The minimum absolute atomic E-state index is 0.114. The van der Waals surface area contributed by atoms with Crippen LogP contribution in [0.1, 0.15) is 21.7 Å². The van der Waals surface area contributed by atoms with Crippen LogP contribution in [0.4, 0.5) is 0 Å². The van der Waals surface area contributed by atoms with Crippen LogP contribution in [0, 0.1) is 13.8 Å². The number of rotatable bonds is 6. The summed E-state index contributed by atoms with van der Waals surface area (Å²) in [6.07, 6.45) is 0. The number of pyridine rings is 2. The number of hydrogen-bond acceptors (Lipinski definition) is 6. The largest absolute Gasteiger partial charge is 0.497 e. The summed E-state index contributed by atoms with van der Waals surface area (Å²) in [5, 5.41) is 1.70. The maximum atomic E-state index is 13.8. The van der Waals surface area contributed by atoms with Crippen molar-refractivity contribution in [2.24, 2.45) is 0 Å². The van der Waals surface area contributed by atoms with Crippen LogP contribution in [0.25, 0.3) is 27.4 Å². The molecule has 0 aliphatic heterocycles. The van der Waals surface area contributed by atoms with Crippen molar-refractivity contribution in [2.45, 2.75) is 13.8 Å². The number of methoxy groups -OCH3 is 2. The van der Waals surface area contributed by atoms with Crippen molar-refractivity contribution in [3.05, 3.63) is 75.8 Å². The van der Waals surface area contributed by atoms with Gasteiger partial charge >= 0.3 is 5.97 Å². The lowest BCUT2D eigenvalue weighted by Gasteiger charge is -2.18. The fourth-order valence-corrected chi connectivity index (χ4v) is 4.03. The van der Waals surface area contributed by atoms with E-state index in [0.29, 0.717) is 44.7 Å². The normalized spacial score (nSPS) is 11.1. The van der Waals surface area contributed by atoms with Crippen LogP contribution in [0.15, 0.2) is 53.3 Å². The van der Waals surface area contributed by atoms with E-state index < -0.39 is 5.97 Å². The van der Waals surface area contributed by atoms with Gasteiger partial charge in [-0.2, -0.15) is 0 Å². The molecule has 0 amide bonds. The van der Waals surface area contributed by atoms with Gasteiger partial charge in [0.1, 0.15) is 12.4 Å². The summed E-state index contributed by atoms with van der Waals surface area (Å²) in [5.74, 6) is 0.112. The average molecular weight is 432 g/mol. The second-order valence-electron chi connectivity index (χ2n) is 7.40. The highest BCUT2D eigenvalue weighted by molar-refractivity contribution is 6.16. The van der Waals surface area contributed by atoms with Crippen molar-refractivity contribution in [1.82, 2.24) is 9.55 Å². The molecule has 0 fully saturated rings. The summed E-state index contributed by atoms with van der Waals surface area (Å²) in [6, 6.07) is 14.8. The van der Waals surface area contributed by atoms with Gasteiger partial charge in [0, 0.05) is 23.9 Å². The molecular weight excluding hydrogens is 408 g/mol. The van der Waals surface area contributed by atoms with E-state index in [2.05, 4.69) is 4.98 Å². The van der Waals surface area contributed by atoms with E-state index >= 15 is 0 Å². The standard InChI is InChI=1S/C25H24N2O5/c1-15-21-23(22(16(2)26-15)25(29)32-13-12-30-3)19-10-5-6-11-20(19)27(24(21)28)17-8-7-9-18(14-17)31-4/h5-11,14H,12-13H2,1-4H3. The number of esters is 1. The molecule has 0 radical (unpaired) electrons. The molecule has 0 saturated carbocycles. The average Bonchev–Trinajstić information content (AvgIpc) is 2.79. The monoisotopic (exact) mass is 432 g/mol. The second-order valence-corrected chi connectivity index (χ2v) is 7.40. The first-order valence-corrected chi connectivity index (χ1v) is 10.2. The number of nitrogens with zero attached hydrogens (tertiary/aromatic N) is 2. The molecule has 2 aromatic carbocycles. The van der Waals surface area contributed by atoms with Gasteiger partial charge in [0.05, 0.1) is 47.3 Å². The molecule has 0 spiro atoms. The Morgan fingerprint density at radius 1 is 0.969 bits per heavy atom. The van der Waals surface area contributed by atoms with E-state index in [1.54, 1.807) is 31.6 Å². The summed E-state index contributed by atoms with van der Waals surface area (Å²) in [6.45, 7) is 3.93. The maximum absolute atomic E-state index is 13.8. The lowest BCUT2D eigenvalue weighted by Crippen LogP contribution is -2.22. The van der Waals surface area contributed by atoms with E-state index in [9.17, 15) is 9.59 Å². The Kier molecular flexibility index (Phi) is 5.92. The predicted octanol–water partition coefficient (Wildman–Crippen LogP) is 3.97. The number of aryl methyl sites for hydroxylation is 2. The van der Waals surface area contributed by atoms with Crippen LogP contribution in [0.3, 0.4) is 0 Å². The minimum atomic E-state index is -0.527. The van der Waals surface area contributed by atoms with Crippen molar-refractivity contribution in [3.63, 3.8) is 0 Å². The molecule has 4 rings (SSSR count). The zero-order valence-electron chi connectivity index (χ0n) is 18.5. The van der Waals surface area contributed by atoms with Crippen molar-refractivity contribution in [1.29, 1.82) is 0 Å². The Morgan fingerprint density at radius 3 is 2.50 bits per heavy atom. The van der Waals surface area contributed by atoms with Gasteiger partial charge in [-0.15, -0.1) is 0 Å². The first-order valence-electron chi connectivity index (χ1n) is 10.2. The molecule has 0 N–H and O–H groups in total. The molecule has 7 heteroatoms. The van der Waals surface area contributed by atoms with Crippen LogP contribution in [-0.2, 0) is 9.47 Å². The van der Waals surface area contributed by atoms with Crippen molar-refractivity contribution in [3.8, 4) is 11.4 Å². The highest BCUT2D eigenvalue weighted by Crippen LogP contribution is 2.31. The number of ether oxygens (including phenoxy) is 3. The fraction of sp³-hybridized carbons (Fsp3) is 0.240. The molecule has 164 valence electrons. The maximum Gasteiger partial charge on any atom is 0.340 e. The quantitative estimate of drug-likeness (QED) is 0.261. The van der Waals surface area contributed by atoms with Gasteiger partial charge in [-0.3, -0.25) is 14.3 Å². The third-order valence-electron chi connectivity index (χ3n) is 5.43. The Balaban J connectivity index is 2.11. The van der Waals surface area contributed by atoms with E-state index in [1.807, 2.05) is 42.5 Å². The third-order valence-corrected chi connectivity index (χ3v) is 5.43. The highest BCUT2D eigenvalue weighted by atomic mass is 16.6. The first kappa shape index (κ1) is 21.5. The Morgan fingerprint density at radius 2 is 1.75 bits per heavy atom. The number of aromatic nitrogens is 2. The van der Waals surface area contributed by atoms with Gasteiger partial charge in [-0.25, -0.2) is 4.79 Å². The number of benzene rings is 2. The molecule has 0 aliphatic carbocycles. The lowest BCUT2D eigenvalue weighted by atomic mass is 9.98. The number of hydrogen-bond donors (Lipinski definition) is 0. The number of carbonyl (C=O) groups excluding carboxylic acids is 1. The molecule has 32 heavy (non-hydrogen) atoms. The Labute approximate surface area is 185 Å².